The average molecular weight is 1230 g/mol. The van der Waals surface area contributed by atoms with Gasteiger partial charge in [0.15, 0.2) is 17.8 Å². The lowest BCUT2D eigenvalue weighted by atomic mass is 9.98. The normalized spacial score (nSPS) is 32.9. The van der Waals surface area contributed by atoms with Crippen molar-refractivity contribution in [3.63, 3.8) is 0 Å². The number of phenols is 5. The Hall–Kier alpha value is -7.57. The number of aliphatic hydroxyl groups is 12. The van der Waals surface area contributed by atoms with Gasteiger partial charge in [-0.1, -0.05) is 24.3 Å². The van der Waals surface area contributed by atoms with Crippen molar-refractivity contribution < 1.29 is 148 Å². The minimum Gasteiger partial charge on any atom is -0.508 e. The number of hydrogen-bond acceptors (Lipinski definition) is 29. The van der Waals surface area contributed by atoms with Crippen LogP contribution in [0.2, 0.25) is 0 Å². The van der Waals surface area contributed by atoms with Crippen LogP contribution in [-0.4, -0.2) is 241 Å². The molecule has 0 aliphatic carbocycles. The quantitative estimate of drug-likeness (QED) is 0.0192. The number of fused-ring (bicyclic) bond motifs is 1. The maximum Gasteiger partial charge on any atom is 0.402 e. The lowest BCUT2D eigenvalue weighted by Crippen LogP contribution is -2.61. The number of benzene rings is 4. The van der Waals surface area contributed by atoms with Crippen molar-refractivity contribution in [2.45, 2.75) is 130 Å². The van der Waals surface area contributed by atoms with Crippen LogP contribution in [0.5, 0.6) is 46.0 Å². The third kappa shape index (κ3) is 14.6. The number of ether oxygens (including phenoxy) is 10. The van der Waals surface area contributed by atoms with Crippen molar-refractivity contribution in [2.75, 3.05) is 19.8 Å². The molecule has 4 saturated heterocycles. The van der Waals surface area contributed by atoms with Crippen molar-refractivity contribution in [3.05, 3.63) is 102 Å². The number of aliphatic hydroxyl groups excluding tert-OH is 12. The number of rotatable bonds is 18. The number of esters is 2. The first kappa shape index (κ1) is 63.9. The smallest absolute Gasteiger partial charge is 0.402 e. The van der Waals surface area contributed by atoms with E-state index < -0.39 is 189 Å². The Bertz CT molecular complexity index is 3250. The zero-order valence-electron chi connectivity index (χ0n) is 45.4. The van der Waals surface area contributed by atoms with E-state index in [4.69, 9.17) is 51.8 Å². The van der Waals surface area contributed by atoms with Gasteiger partial charge in [0.25, 0.3) is 0 Å². The van der Waals surface area contributed by atoms with Crippen LogP contribution in [0.15, 0.2) is 95.4 Å². The molecule has 1 aromatic heterocycles. The summed E-state index contributed by atoms with van der Waals surface area (Å²) >= 11 is 0. The number of hydrogen-bond donors (Lipinski definition) is 17. The summed E-state index contributed by atoms with van der Waals surface area (Å²) in [7, 11) is 0. The molecule has 0 bridgehead atoms. The summed E-state index contributed by atoms with van der Waals surface area (Å²) < 4.78 is 62.8. The van der Waals surface area contributed by atoms with Crippen LogP contribution in [0.25, 0.3) is 34.4 Å². The van der Waals surface area contributed by atoms with E-state index in [1.165, 1.54) is 67.6 Å². The maximum absolute atomic E-state index is 12.6. The van der Waals surface area contributed by atoms with Gasteiger partial charge in [-0.15, -0.1) is 0 Å². The van der Waals surface area contributed by atoms with Crippen molar-refractivity contribution in [1.82, 2.24) is 0 Å². The molecule has 5 heterocycles. The van der Waals surface area contributed by atoms with E-state index >= 15 is 0 Å². The standard InChI is InChI=1S/C57H62O30/c1-22-40(64)45(69)49(73)54(80-22)79-21-37-44(68)48(72)52(76)57(87-37)84-34-18-29-30(60)16-28(81-55-50(74)46(70)42(66)35(85-55)19-77-38(62)12-6-23-2-8-26(58)9-3-23)17-32(29)82-53(34)25-14-31(61)41(65)33(15-25)83-56-51(75)47(71)43(67)36(86-56)20-78-39(63)13-7-24-4-10-27(59)11-5-24/h2-18,22,35-37,40,42-52,54-57,64,66-76H,19-21H2,1H3,(H4-,58,59,60,61,62,63,65)/p+1. The molecule has 30 nitrogen and oxygen atoms in total. The first-order valence-corrected chi connectivity index (χ1v) is 26.7. The second-order valence-electron chi connectivity index (χ2n) is 20.7. The van der Waals surface area contributed by atoms with Gasteiger partial charge in [0.2, 0.25) is 30.4 Å². The molecule has 0 radical (unpaired) electrons. The predicted octanol–water partition coefficient (Wildman–Crippen LogP) is -2.17. The van der Waals surface area contributed by atoms with Crippen LogP contribution < -0.4 is 14.2 Å². The highest BCUT2D eigenvalue weighted by Crippen LogP contribution is 2.47. The summed E-state index contributed by atoms with van der Waals surface area (Å²) in [6, 6.07) is 16.5. The van der Waals surface area contributed by atoms with Gasteiger partial charge in [-0.25, -0.2) is 14.0 Å². The van der Waals surface area contributed by atoms with E-state index in [0.29, 0.717) is 11.1 Å². The molecule has 9 rings (SSSR count). The largest absolute Gasteiger partial charge is 0.508 e. The molecule has 0 saturated carbocycles. The van der Waals surface area contributed by atoms with Gasteiger partial charge in [-0.05, 0) is 54.5 Å². The number of carbonyl (C=O) groups excluding carboxylic acids is 2. The highest BCUT2D eigenvalue weighted by atomic mass is 16.7. The molecule has 0 spiro atoms. The third-order valence-electron chi connectivity index (χ3n) is 14.5. The monoisotopic (exact) mass is 1230 g/mol. The topological polar surface area (TPSA) is 482 Å². The average Bonchev–Trinajstić information content (AvgIpc) is 1.05. The summed E-state index contributed by atoms with van der Waals surface area (Å²) in [6.07, 6.45) is -31.5. The van der Waals surface area contributed by atoms with Crippen LogP contribution in [-0.2, 0) is 42.7 Å². The van der Waals surface area contributed by atoms with E-state index in [-0.39, 0.29) is 33.8 Å². The fraction of sp³-hybridized carbons (Fsp3) is 0.421. The maximum atomic E-state index is 12.6. The third-order valence-corrected chi connectivity index (χ3v) is 14.5. The molecular weight excluding hydrogens is 1160 g/mol. The van der Waals surface area contributed by atoms with Crippen molar-refractivity contribution in [2.24, 2.45) is 0 Å². The summed E-state index contributed by atoms with van der Waals surface area (Å²) in [4.78, 5) is 25.2. The van der Waals surface area contributed by atoms with Gasteiger partial charge in [-0.2, -0.15) is 0 Å². The van der Waals surface area contributed by atoms with Gasteiger partial charge in [0.05, 0.1) is 24.3 Å². The second kappa shape index (κ2) is 27.2. The molecule has 470 valence electrons. The van der Waals surface area contributed by atoms with Crippen LogP contribution in [0.4, 0.5) is 0 Å². The van der Waals surface area contributed by atoms with Crippen LogP contribution in [0, 0.1) is 0 Å². The second-order valence-corrected chi connectivity index (χ2v) is 20.7. The Morgan fingerprint density at radius 2 is 0.920 bits per heavy atom. The summed E-state index contributed by atoms with van der Waals surface area (Å²) in [6.45, 7) is -0.765. The van der Waals surface area contributed by atoms with Gasteiger partial charge < -0.3 is 134 Å². The molecule has 30 heteroatoms. The summed E-state index contributed by atoms with van der Waals surface area (Å²) in [5.41, 5.74) is 0.333. The van der Waals surface area contributed by atoms with Crippen LogP contribution >= 0.6 is 0 Å². The molecule has 17 N–H and O–H groups in total. The summed E-state index contributed by atoms with van der Waals surface area (Å²) in [5.74, 6) is -6.77. The van der Waals surface area contributed by atoms with E-state index in [9.17, 15) is 96.4 Å². The van der Waals surface area contributed by atoms with E-state index in [1.54, 1.807) is 0 Å². The molecule has 0 amide bonds. The number of aromatic hydroxyl groups is 5. The van der Waals surface area contributed by atoms with Crippen LogP contribution in [0.1, 0.15) is 18.1 Å². The Morgan fingerprint density at radius 1 is 0.471 bits per heavy atom. The number of phenolic OH excluding ortho intramolecular Hbond substituents is 5. The van der Waals surface area contributed by atoms with Crippen molar-refractivity contribution in [3.8, 4) is 57.3 Å². The van der Waals surface area contributed by atoms with Crippen molar-refractivity contribution >= 4 is 35.1 Å². The van der Waals surface area contributed by atoms with E-state index in [2.05, 4.69) is 0 Å². The van der Waals surface area contributed by atoms with E-state index in [0.717, 1.165) is 42.5 Å². The fourth-order valence-electron chi connectivity index (χ4n) is 9.45. The molecule has 87 heavy (non-hydrogen) atoms. The van der Waals surface area contributed by atoms with E-state index in [1.807, 2.05) is 0 Å². The van der Waals surface area contributed by atoms with Gasteiger partial charge in [-0.3, -0.25) is 0 Å². The van der Waals surface area contributed by atoms with Gasteiger partial charge in [0.1, 0.15) is 133 Å². The minimum atomic E-state index is -2.12. The first-order valence-electron chi connectivity index (χ1n) is 26.7. The highest BCUT2D eigenvalue weighted by Gasteiger charge is 2.50. The Kier molecular flexibility index (Phi) is 20.0. The fourth-order valence-corrected chi connectivity index (χ4v) is 9.45. The highest BCUT2D eigenvalue weighted by molar-refractivity contribution is 5.89. The lowest BCUT2D eigenvalue weighted by Gasteiger charge is -2.42. The number of carbonyl (C=O) groups is 2. The molecule has 4 fully saturated rings. The Labute approximate surface area is 491 Å². The molecule has 20 unspecified atom stereocenters. The Morgan fingerprint density at radius 3 is 1.43 bits per heavy atom. The SMILES string of the molecule is CC1OC(OCC2OC(Oc3cc4c(O)cc(OC5OC(COC(=O)C=Cc6ccc(O)cc6)C(O)C(O)C5O)cc4[o+]c3-c3cc(O)c(O)c(OC4OC(COC(=O)C=Cc5ccc(O)cc5)C(O)C(O)C4O)c3)C(O)C(O)C2O)C(O)C(O)C1O. The van der Waals surface area contributed by atoms with Gasteiger partial charge in [0, 0.05) is 36.4 Å². The minimum absolute atomic E-state index is 0.00947. The lowest BCUT2D eigenvalue weighted by molar-refractivity contribution is -0.318. The zero-order valence-corrected chi connectivity index (χ0v) is 45.4. The van der Waals surface area contributed by atoms with Crippen molar-refractivity contribution in [1.29, 1.82) is 0 Å². The van der Waals surface area contributed by atoms with Crippen LogP contribution in [0.3, 0.4) is 0 Å². The molecule has 5 aromatic rings. The molecule has 20 atom stereocenters. The zero-order chi connectivity index (χ0) is 62.7. The first-order chi connectivity index (χ1) is 41.3. The molecule has 4 aliphatic rings. The predicted molar refractivity (Wildman–Crippen MR) is 287 cm³/mol. The van der Waals surface area contributed by atoms with Gasteiger partial charge >= 0.3 is 23.3 Å². The molecule has 4 aromatic carbocycles. The Balaban J connectivity index is 1.01. The molecular formula is C57H63O30+. The molecule has 4 aliphatic heterocycles. The summed E-state index contributed by atoms with van der Waals surface area (Å²) in [5, 5.41) is 183.